The summed E-state index contributed by atoms with van der Waals surface area (Å²) >= 11 is 1.29. The predicted molar refractivity (Wildman–Crippen MR) is 123 cm³/mol. The van der Waals surface area contributed by atoms with Gasteiger partial charge in [-0.1, -0.05) is 48.2 Å². The van der Waals surface area contributed by atoms with Gasteiger partial charge >= 0.3 is 0 Å². The molecule has 0 fully saturated rings. The molecular weight excluding hydrogens is 410 g/mol. The monoisotopic (exact) mass is 435 g/mol. The molecule has 0 aliphatic heterocycles. The first-order chi connectivity index (χ1) is 15.0. The van der Waals surface area contributed by atoms with E-state index in [1.807, 2.05) is 54.8 Å². The normalized spacial score (nSPS) is 10.5. The Bertz CT molecular complexity index is 1080. The average Bonchev–Trinajstić information content (AvgIpc) is 3.15. The molecule has 1 heterocycles. The number of hydrogen-bond donors (Lipinski definition) is 2. The molecule has 3 aromatic rings. The molecule has 0 saturated heterocycles. The molecule has 0 aliphatic rings. The lowest BCUT2D eigenvalue weighted by Crippen LogP contribution is -2.24. The lowest BCUT2D eigenvalue weighted by atomic mass is 10.1. The highest BCUT2D eigenvalue weighted by Crippen LogP contribution is 2.20. The van der Waals surface area contributed by atoms with Crippen molar-refractivity contribution in [2.75, 3.05) is 11.1 Å². The maximum atomic E-state index is 12.4. The summed E-state index contributed by atoms with van der Waals surface area (Å²) in [6.07, 6.45) is 1.73. The number of hydrogen-bond acceptors (Lipinski definition) is 5. The second-order valence-electron chi connectivity index (χ2n) is 7.00. The summed E-state index contributed by atoms with van der Waals surface area (Å²) in [6.45, 7) is 8.42. The molecule has 3 rings (SSSR count). The predicted octanol–water partition coefficient (Wildman–Crippen LogP) is 3.74. The molecule has 2 N–H and O–H groups in total. The van der Waals surface area contributed by atoms with Crippen molar-refractivity contribution < 1.29 is 9.59 Å². The van der Waals surface area contributed by atoms with Crippen molar-refractivity contribution in [3.63, 3.8) is 0 Å². The van der Waals surface area contributed by atoms with Gasteiger partial charge in [0.1, 0.15) is 0 Å². The third-order valence-electron chi connectivity index (χ3n) is 4.55. The lowest BCUT2D eigenvalue weighted by Gasteiger charge is -2.10. The molecule has 0 spiro atoms. The minimum atomic E-state index is -0.184. The van der Waals surface area contributed by atoms with Crippen LogP contribution in [0.4, 0.5) is 5.69 Å². The number of amides is 2. The Balaban J connectivity index is 1.61. The number of rotatable bonds is 9. The molecule has 0 unspecified atom stereocenters. The number of allylic oxidation sites excluding steroid dienone is 1. The van der Waals surface area contributed by atoms with Crippen LogP contribution in [0.3, 0.4) is 0 Å². The summed E-state index contributed by atoms with van der Waals surface area (Å²) in [4.78, 5) is 24.7. The molecule has 2 amide bonds. The third kappa shape index (κ3) is 6.05. The molecule has 0 bridgehead atoms. The van der Waals surface area contributed by atoms with Gasteiger partial charge in [0, 0.05) is 17.8 Å². The minimum absolute atomic E-state index is 0.120. The highest BCUT2D eigenvalue weighted by molar-refractivity contribution is 7.99. The van der Waals surface area contributed by atoms with Gasteiger partial charge in [-0.05, 0) is 43.2 Å². The van der Waals surface area contributed by atoms with Crippen molar-refractivity contribution in [1.82, 2.24) is 20.1 Å². The van der Waals surface area contributed by atoms with E-state index >= 15 is 0 Å². The fourth-order valence-corrected chi connectivity index (χ4v) is 3.67. The van der Waals surface area contributed by atoms with E-state index in [1.165, 1.54) is 11.8 Å². The Morgan fingerprint density at radius 3 is 2.65 bits per heavy atom. The summed E-state index contributed by atoms with van der Waals surface area (Å²) in [5.74, 6) is 0.488. The van der Waals surface area contributed by atoms with Crippen molar-refractivity contribution in [3.05, 3.63) is 83.7 Å². The Morgan fingerprint density at radius 2 is 1.90 bits per heavy atom. The standard InChI is InChI=1S/C23H25N5O2S/c1-4-12-28-20(14-24-22(30)18-8-6-5-7-9-18)26-27-23(28)31-15-21(29)25-19-13-16(2)10-11-17(19)3/h4-11,13H,1,12,14-15H2,2-3H3,(H,24,30)(H,25,29). The number of anilines is 1. The van der Waals surface area contributed by atoms with Gasteiger partial charge in [0.15, 0.2) is 11.0 Å². The van der Waals surface area contributed by atoms with E-state index in [4.69, 9.17) is 0 Å². The van der Waals surface area contributed by atoms with Gasteiger partial charge in [0.2, 0.25) is 5.91 Å². The van der Waals surface area contributed by atoms with Crippen LogP contribution in [0.5, 0.6) is 0 Å². The quantitative estimate of drug-likeness (QED) is 0.395. The van der Waals surface area contributed by atoms with Crippen LogP contribution in [-0.4, -0.2) is 32.3 Å². The van der Waals surface area contributed by atoms with Gasteiger partial charge in [-0.3, -0.25) is 9.59 Å². The fourth-order valence-electron chi connectivity index (χ4n) is 2.91. The summed E-state index contributed by atoms with van der Waals surface area (Å²) in [5.41, 5.74) is 3.48. The molecule has 0 aliphatic carbocycles. The molecule has 1 aromatic heterocycles. The largest absolute Gasteiger partial charge is 0.345 e. The van der Waals surface area contributed by atoms with Crippen LogP contribution in [0.15, 0.2) is 66.3 Å². The molecule has 160 valence electrons. The van der Waals surface area contributed by atoms with E-state index in [-0.39, 0.29) is 24.1 Å². The summed E-state index contributed by atoms with van der Waals surface area (Å²) < 4.78 is 1.84. The molecule has 2 aromatic carbocycles. The Hall–Kier alpha value is -3.39. The van der Waals surface area contributed by atoms with Gasteiger partial charge in [0.25, 0.3) is 5.91 Å². The van der Waals surface area contributed by atoms with E-state index in [1.54, 1.807) is 18.2 Å². The van der Waals surface area contributed by atoms with E-state index < -0.39 is 0 Å². The molecule has 7 nitrogen and oxygen atoms in total. The number of carbonyl (C=O) groups excluding carboxylic acids is 2. The van der Waals surface area contributed by atoms with Gasteiger partial charge < -0.3 is 15.2 Å². The van der Waals surface area contributed by atoms with Gasteiger partial charge in [-0.15, -0.1) is 16.8 Å². The van der Waals surface area contributed by atoms with Gasteiger partial charge in [-0.25, -0.2) is 0 Å². The lowest BCUT2D eigenvalue weighted by molar-refractivity contribution is -0.113. The second kappa shape index (κ2) is 10.6. The molecule has 31 heavy (non-hydrogen) atoms. The summed E-state index contributed by atoms with van der Waals surface area (Å²) in [6, 6.07) is 14.9. The van der Waals surface area contributed by atoms with Crippen LogP contribution < -0.4 is 10.6 Å². The SMILES string of the molecule is C=CCn1c(CNC(=O)c2ccccc2)nnc1SCC(=O)Nc1cc(C)ccc1C. The van der Waals surface area contributed by atoms with Gasteiger partial charge in [-0.2, -0.15) is 0 Å². The van der Waals surface area contributed by atoms with E-state index in [2.05, 4.69) is 27.4 Å². The maximum Gasteiger partial charge on any atom is 0.251 e. The minimum Gasteiger partial charge on any atom is -0.345 e. The first kappa shape index (κ1) is 22.3. The zero-order valence-corrected chi connectivity index (χ0v) is 18.4. The van der Waals surface area contributed by atoms with Crippen LogP contribution in [0.25, 0.3) is 0 Å². The van der Waals surface area contributed by atoms with Crippen LogP contribution in [0, 0.1) is 13.8 Å². The van der Waals surface area contributed by atoms with Gasteiger partial charge in [0.05, 0.1) is 12.3 Å². The zero-order valence-electron chi connectivity index (χ0n) is 17.6. The number of carbonyl (C=O) groups is 2. The number of thioether (sulfide) groups is 1. The number of aryl methyl sites for hydroxylation is 2. The smallest absolute Gasteiger partial charge is 0.251 e. The van der Waals surface area contributed by atoms with Crippen molar-refractivity contribution in [1.29, 1.82) is 0 Å². The second-order valence-corrected chi connectivity index (χ2v) is 7.94. The van der Waals surface area contributed by atoms with Crippen LogP contribution >= 0.6 is 11.8 Å². The van der Waals surface area contributed by atoms with Crippen molar-refractivity contribution in [2.45, 2.75) is 32.1 Å². The Labute approximate surface area is 186 Å². The Morgan fingerprint density at radius 1 is 1.13 bits per heavy atom. The molecule has 0 atom stereocenters. The Kier molecular flexibility index (Phi) is 7.61. The van der Waals surface area contributed by atoms with Crippen molar-refractivity contribution in [2.24, 2.45) is 0 Å². The number of aromatic nitrogens is 3. The summed E-state index contributed by atoms with van der Waals surface area (Å²) in [7, 11) is 0. The van der Waals surface area contributed by atoms with Crippen molar-refractivity contribution in [3.8, 4) is 0 Å². The molecule has 0 radical (unpaired) electrons. The maximum absolute atomic E-state index is 12.4. The highest BCUT2D eigenvalue weighted by atomic mass is 32.2. The van der Waals surface area contributed by atoms with E-state index in [9.17, 15) is 9.59 Å². The van der Waals surface area contributed by atoms with E-state index in [0.29, 0.717) is 23.1 Å². The molecule has 0 saturated carbocycles. The number of nitrogens with one attached hydrogen (secondary N) is 2. The number of nitrogens with zero attached hydrogens (tertiary/aromatic N) is 3. The molecule has 8 heteroatoms. The first-order valence-electron chi connectivity index (χ1n) is 9.84. The highest BCUT2D eigenvalue weighted by Gasteiger charge is 2.15. The fraction of sp³-hybridized carbons (Fsp3) is 0.217. The summed E-state index contributed by atoms with van der Waals surface area (Å²) in [5, 5.41) is 14.8. The first-order valence-corrected chi connectivity index (χ1v) is 10.8. The number of benzene rings is 2. The third-order valence-corrected chi connectivity index (χ3v) is 5.51. The topological polar surface area (TPSA) is 88.9 Å². The van der Waals surface area contributed by atoms with Crippen LogP contribution in [0.2, 0.25) is 0 Å². The van der Waals surface area contributed by atoms with Crippen LogP contribution in [-0.2, 0) is 17.9 Å². The van der Waals surface area contributed by atoms with Crippen LogP contribution in [0.1, 0.15) is 27.3 Å². The molecular formula is C23H25N5O2S. The van der Waals surface area contributed by atoms with E-state index in [0.717, 1.165) is 16.8 Å². The van der Waals surface area contributed by atoms with Crippen molar-refractivity contribution >= 4 is 29.3 Å². The average molecular weight is 436 g/mol. The zero-order chi connectivity index (χ0) is 22.2.